The van der Waals surface area contributed by atoms with E-state index in [9.17, 15) is 13.8 Å². The van der Waals surface area contributed by atoms with E-state index >= 15 is 0 Å². The van der Waals surface area contributed by atoms with E-state index in [2.05, 4.69) is 0 Å². The molecule has 0 saturated carbocycles. The summed E-state index contributed by atoms with van der Waals surface area (Å²) >= 11 is 0. The fraction of sp³-hybridized carbons (Fsp3) is 0.250. The molecular formula is C8H9BF2O2. The summed E-state index contributed by atoms with van der Waals surface area (Å²) in [6.07, 6.45) is 0. The number of hydrogen-bond acceptors (Lipinski definition) is 2. The molecule has 0 heterocycles. The Hall–Kier alpha value is -0.935. The first-order chi connectivity index (χ1) is 6.15. The van der Waals surface area contributed by atoms with Gasteiger partial charge in [-0.05, 0) is 13.0 Å². The van der Waals surface area contributed by atoms with Crippen LogP contribution in [-0.4, -0.2) is 18.7 Å². The lowest BCUT2D eigenvalue weighted by atomic mass is 9.79. The lowest BCUT2D eigenvalue weighted by Crippen LogP contribution is -2.36. The molecule has 1 N–H and O–H groups in total. The van der Waals surface area contributed by atoms with Gasteiger partial charge in [0, 0.05) is 18.1 Å². The van der Waals surface area contributed by atoms with Gasteiger partial charge in [-0.15, -0.1) is 0 Å². The van der Waals surface area contributed by atoms with E-state index in [4.69, 9.17) is 4.65 Å². The second-order valence-electron chi connectivity index (χ2n) is 2.47. The minimum Gasteiger partial charge on any atom is -0.423 e. The van der Waals surface area contributed by atoms with Crippen LogP contribution in [0, 0.1) is 11.6 Å². The summed E-state index contributed by atoms with van der Waals surface area (Å²) in [7, 11) is -1.33. The smallest absolute Gasteiger partial charge is 0.423 e. The first-order valence-electron chi connectivity index (χ1n) is 3.89. The second kappa shape index (κ2) is 4.34. The minimum absolute atomic E-state index is 0.0525. The highest BCUT2D eigenvalue weighted by atomic mass is 19.1. The van der Waals surface area contributed by atoms with E-state index < -0.39 is 18.8 Å². The third-order valence-corrected chi connectivity index (χ3v) is 1.55. The van der Waals surface area contributed by atoms with E-state index in [1.54, 1.807) is 6.92 Å². The van der Waals surface area contributed by atoms with E-state index in [0.29, 0.717) is 6.07 Å². The van der Waals surface area contributed by atoms with E-state index in [0.717, 1.165) is 12.1 Å². The predicted molar refractivity (Wildman–Crippen MR) is 45.6 cm³/mol. The molecule has 0 saturated heterocycles. The number of hydrogen-bond donors (Lipinski definition) is 1. The summed E-state index contributed by atoms with van der Waals surface area (Å²) in [5.41, 5.74) is -0.0525. The molecule has 13 heavy (non-hydrogen) atoms. The van der Waals surface area contributed by atoms with Crippen molar-refractivity contribution in [2.45, 2.75) is 6.92 Å². The fourth-order valence-electron chi connectivity index (χ4n) is 0.949. The van der Waals surface area contributed by atoms with Crippen molar-refractivity contribution in [2.24, 2.45) is 0 Å². The van der Waals surface area contributed by atoms with Crippen molar-refractivity contribution in [1.29, 1.82) is 0 Å². The Balaban J connectivity index is 2.88. The molecule has 1 rings (SSSR count). The van der Waals surface area contributed by atoms with Crippen LogP contribution in [0.25, 0.3) is 0 Å². The van der Waals surface area contributed by atoms with Crippen molar-refractivity contribution in [3.8, 4) is 0 Å². The second-order valence-corrected chi connectivity index (χ2v) is 2.47. The molecule has 0 unspecified atom stereocenters. The van der Waals surface area contributed by atoms with Gasteiger partial charge in [-0.3, -0.25) is 0 Å². The maximum absolute atomic E-state index is 12.9. The van der Waals surface area contributed by atoms with Crippen molar-refractivity contribution >= 4 is 12.6 Å². The maximum atomic E-state index is 12.9. The fourth-order valence-corrected chi connectivity index (χ4v) is 0.949. The monoisotopic (exact) mass is 186 g/mol. The zero-order valence-corrected chi connectivity index (χ0v) is 7.13. The topological polar surface area (TPSA) is 29.5 Å². The van der Waals surface area contributed by atoms with Gasteiger partial charge in [-0.1, -0.05) is 6.07 Å². The van der Waals surface area contributed by atoms with Gasteiger partial charge in [0.05, 0.1) is 0 Å². The highest BCUT2D eigenvalue weighted by Gasteiger charge is 2.20. The average Bonchev–Trinajstić information content (AvgIpc) is 2.04. The molecule has 70 valence electrons. The third-order valence-electron chi connectivity index (χ3n) is 1.55. The van der Waals surface area contributed by atoms with Gasteiger partial charge >= 0.3 is 7.12 Å². The Bertz CT molecular complexity index is 293. The minimum atomic E-state index is -1.33. The highest BCUT2D eigenvalue weighted by molar-refractivity contribution is 6.60. The van der Waals surface area contributed by atoms with Crippen LogP contribution in [0.15, 0.2) is 18.2 Å². The van der Waals surface area contributed by atoms with Gasteiger partial charge in [0.1, 0.15) is 11.6 Å². The number of benzene rings is 1. The van der Waals surface area contributed by atoms with Crippen LogP contribution in [0.2, 0.25) is 0 Å². The molecule has 0 aromatic heterocycles. The summed E-state index contributed by atoms with van der Waals surface area (Å²) in [5, 5.41) is 9.21. The van der Waals surface area contributed by atoms with Crippen LogP contribution in [0.3, 0.4) is 0 Å². The van der Waals surface area contributed by atoms with Gasteiger partial charge in [0.15, 0.2) is 0 Å². The Morgan fingerprint density at radius 1 is 1.46 bits per heavy atom. The summed E-state index contributed by atoms with van der Waals surface area (Å²) in [6, 6.07) is 2.93. The third kappa shape index (κ3) is 2.50. The SMILES string of the molecule is CCOB(O)c1ccc(F)cc1F. The van der Waals surface area contributed by atoms with Gasteiger partial charge in [-0.25, -0.2) is 8.78 Å². The molecule has 0 fully saturated rings. The molecule has 0 aliphatic carbocycles. The Labute approximate surface area is 75.3 Å². The van der Waals surface area contributed by atoms with E-state index in [1.165, 1.54) is 0 Å². The van der Waals surface area contributed by atoms with Gasteiger partial charge in [-0.2, -0.15) is 0 Å². The quantitative estimate of drug-likeness (QED) is 0.703. The van der Waals surface area contributed by atoms with Crippen molar-refractivity contribution in [3.63, 3.8) is 0 Å². The van der Waals surface area contributed by atoms with Crippen LogP contribution in [-0.2, 0) is 4.65 Å². The highest BCUT2D eigenvalue weighted by Crippen LogP contribution is 2.00. The molecule has 1 aromatic rings. The maximum Gasteiger partial charge on any atom is 0.494 e. The number of halogens is 2. The number of rotatable bonds is 3. The van der Waals surface area contributed by atoms with Crippen LogP contribution in [0.5, 0.6) is 0 Å². The zero-order chi connectivity index (χ0) is 9.84. The van der Waals surface area contributed by atoms with Crippen molar-refractivity contribution in [1.82, 2.24) is 0 Å². The van der Waals surface area contributed by atoms with Crippen LogP contribution in [0.4, 0.5) is 8.78 Å². The molecule has 0 aliphatic heterocycles. The first kappa shape index (κ1) is 10.1. The molecule has 2 nitrogen and oxygen atoms in total. The first-order valence-corrected chi connectivity index (χ1v) is 3.89. The van der Waals surface area contributed by atoms with Gasteiger partial charge in [0.2, 0.25) is 0 Å². The Kier molecular flexibility index (Phi) is 3.39. The predicted octanol–water partition coefficient (Wildman–Crippen LogP) is 0.689. The summed E-state index contributed by atoms with van der Waals surface area (Å²) in [6.45, 7) is 1.93. The molecular weight excluding hydrogens is 177 g/mol. The molecule has 0 radical (unpaired) electrons. The standard InChI is InChI=1S/C8H9BF2O2/c1-2-13-9(12)7-4-3-6(10)5-8(7)11/h3-5,12H,2H2,1H3. The molecule has 0 aliphatic rings. The molecule has 0 atom stereocenters. The average molecular weight is 186 g/mol. The van der Waals surface area contributed by atoms with E-state index in [1.807, 2.05) is 0 Å². The van der Waals surface area contributed by atoms with Crippen LogP contribution < -0.4 is 5.46 Å². The van der Waals surface area contributed by atoms with Crippen LogP contribution in [0.1, 0.15) is 6.92 Å². The van der Waals surface area contributed by atoms with Crippen molar-refractivity contribution in [3.05, 3.63) is 29.8 Å². The normalized spacial score (nSPS) is 10.2. The molecule has 5 heteroatoms. The van der Waals surface area contributed by atoms with E-state index in [-0.39, 0.29) is 12.1 Å². The summed E-state index contributed by atoms with van der Waals surface area (Å²) < 4.78 is 30.1. The Morgan fingerprint density at radius 2 is 2.15 bits per heavy atom. The lowest BCUT2D eigenvalue weighted by Gasteiger charge is -2.06. The summed E-state index contributed by atoms with van der Waals surface area (Å²) in [5.74, 6) is -1.48. The van der Waals surface area contributed by atoms with Gasteiger partial charge in [0.25, 0.3) is 0 Å². The molecule has 0 bridgehead atoms. The van der Waals surface area contributed by atoms with Crippen molar-refractivity contribution < 1.29 is 18.5 Å². The van der Waals surface area contributed by atoms with Crippen LogP contribution >= 0.6 is 0 Å². The molecule has 0 spiro atoms. The largest absolute Gasteiger partial charge is 0.494 e. The van der Waals surface area contributed by atoms with Gasteiger partial charge < -0.3 is 9.68 Å². The van der Waals surface area contributed by atoms with Crippen molar-refractivity contribution in [2.75, 3.05) is 6.61 Å². The zero-order valence-electron chi connectivity index (χ0n) is 7.13. The Morgan fingerprint density at radius 3 is 2.69 bits per heavy atom. The molecule has 0 amide bonds. The lowest BCUT2D eigenvalue weighted by molar-refractivity contribution is 0.286. The molecule has 1 aromatic carbocycles. The summed E-state index contributed by atoms with van der Waals surface area (Å²) in [4.78, 5) is 0.